The molecule has 0 aliphatic heterocycles. The van der Waals surface area contributed by atoms with E-state index in [2.05, 4.69) is 37.8 Å². The Kier molecular flexibility index (Phi) is 3.61. The van der Waals surface area contributed by atoms with Crippen LogP contribution >= 0.6 is 0 Å². The molecule has 0 spiro atoms. The maximum absolute atomic E-state index is 5.69. The van der Waals surface area contributed by atoms with Gasteiger partial charge in [-0.3, -0.25) is 0 Å². The summed E-state index contributed by atoms with van der Waals surface area (Å²) >= 11 is 0. The van der Waals surface area contributed by atoms with Gasteiger partial charge in [-0.15, -0.1) is 0 Å². The minimum absolute atomic E-state index is 0.598. The highest BCUT2D eigenvalue weighted by molar-refractivity contribution is 5.47. The fourth-order valence-electron chi connectivity index (χ4n) is 1.55. The van der Waals surface area contributed by atoms with Crippen LogP contribution in [0.15, 0.2) is 55.1 Å². The van der Waals surface area contributed by atoms with Crippen LogP contribution in [0.1, 0.15) is 16.7 Å². The molecule has 1 heteroatoms. The zero-order valence-corrected chi connectivity index (χ0v) is 10.0. The molecule has 0 atom stereocenters. The molecule has 17 heavy (non-hydrogen) atoms. The standard InChI is InChI=1S/C16H16O/c1-3-14-6-8-15(9-7-14)12-17-16-10-4-13(2)5-11-16/h3-11H,1,12H2,2H3. The van der Waals surface area contributed by atoms with E-state index in [0.29, 0.717) is 6.61 Å². The van der Waals surface area contributed by atoms with Crippen molar-refractivity contribution in [3.05, 3.63) is 71.8 Å². The number of benzene rings is 2. The Morgan fingerprint density at radius 2 is 1.65 bits per heavy atom. The number of rotatable bonds is 4. The van der Waals surface area contributed by atoms with Crippen molar-refractivity contribution >= 4 is 6.08 Å². The van der Waals surface area contributed by atoms with Gasteiger partial charge in [-0.05, 0) is 30.2 Å². The van der Waals surface area contributed by atoms with Gasteiger partial charge in [0, 0.05) is 0 Å². The molecule has 0 fully saturated rings. The normalized spacial score (nSPS) is 9.94. The van der Waals surface area contributed by atoms with Crippen molar-refractivity contribution in [1.29, 1.82) is 0 Å². The van der Waals surface area contributed by atoms with Crippen LogP contribution in [-0.4, -0.2) is 0 Å². The van der Waals surface area contributed by atoms with E-state index in [1.165, 1.54) is 5.56 Å². The smallest absolute Gasteiger partial charge is 0.119 e. The van der Waals surface area contributed by atoms with Crippen molar-refractivity contribution in [1.82, 2.24) is 0 Å². The van der Waals surface area contributed by atoms with E-state index in [0.717, 1.165) is 16.9 Å². The van der Waals surface area contributed by atoms with E-state index >= 15 is 0 Å². The Morgan fingerprint density at radius 1 is 1.00 bits per heavy atom. The molecule has 0 aliphatic carbocycles. The molecule has 1 nitrogen and oxygen atoms in total. The predicted octanol–water partition coefficient (Wildman–Crippen LogP) is 4.22. The van der Waals surface area contributed by atoms with Gasteiger partial charge in [0.1, 0.15) is 12.4 Å². The van der Waals surface area contributed by atoms with E-state index in [1.807, 2.05) is 30.3 Å². The third-order valence-corrected chi connectivity index (χ3v) is 2.64. The molecule has 2 rings (SSSR count). The molecule has 0 heterocycles. The first kappa shape index (κ1) is 11.5. The van der Waals surface area contributed by atoms with Crippen LogP contribution in [0.25, 0.3) is 6.08 Å². The number of ether oxygens (including phenoxy) is 1. The Bertz CT molecular complexity index is 480. The molecule has 0 radical (unpaired) electrons. The quantitative estimate of drug-likeness (QED) is 0.755. The minimum Gasteiger partial charge on any atom is -0.489 e. The van der Waals surface area contributed by atoms with Gasteiger partial charge in [-0.25, -0.2) is 0 Å². The molecule has 0 aliphatic rings. The molecule has 0 amide bonds. The summed E-state index contributed by atoms with van der Waals surface area (Å²) in [5.74, 6) is 0.906. The third-order valence-electron chi connectivity index (χ3n) is 2.64. The van der Waals surface area contributed by atoms with Gasteiger partial charge < -0.3 is 4.74 Å². The molecule has 86 valence electrons. The molecule has 0 unspecified atom stereocenters. The zero-order chi connectivity index (χ0) is 12.1. The van der Waals surface area contributed by atoms with Gasteiger partial charge in [0.15, 0.2) is 0 Å². The molecule has 0 bridgehead atoms. The second kappa shape index (κ2) is 5.35. The average molecular weight is 224 g/mol. The van der Waals surface area contributed by atoms with Gasteiger partial charge in [-0.2, -0.15) is 0 Å². The maximum Gasteiger partial charge on any atom is 0.119 e. The summed E-state index contributed by atoms with van der Waals surface area (Å²) < 4.78 is 5.69. The van der Waals surface area contributed by atoms with E-state index in [1.54, 1.807) is 0 Å². The molecular formula is C16H16O. The molecule has 2 aromatic carbocycles. The number of aryl methyl sites for hydroxylation is 1. The first-order valence-electron chi connectivity index (χ1n) is 5.69. The van der Waals surface area contributed by atoms with Crippen LogP contribution in [-0.2, 0) is 6.61 Å². The summed E-state index contributed by atoms with van der Waals surface area (Å²) in [5.41, 5.74) is 3.54. The van der Waals surface area contributed by atoms with Gasteiger partial charge in [0.05, 0.1) is 0 Å². The van der Waals surface area contributed by atoms with Crippen molar-refractivity contribution in [3.8, 4) is 5.75 Å². The molecule has 0 saturated heterocycles. The highest BCUT2D eigenvalue weighted by atomic mass is 16.5. The summed E-state index contributed by atoms with van der Waals surface area (Å²) in [5, 5.41) is 0. The summed E-state index contributed by atoms with van der Waals surface area (Å²) in [6.07, 6.45) is 1.84. The van der Waals surface area contributed by atoms with Crippen molar-refractivity contribution in [2.45, 2.75) is 13.5 Å². The van der Waals surface area contributed by atoms with Crippen molar-refractivity contribution in [2.24, 2.45) is 0 Å². The SMILES string of the molecule is C=Cc1ccc(COc2ccc(C)cc2)cc1. The summed E-state index contributed by atoms with van der Waals surface area (Å²) in [6.45, 7) is 6.40. The fraction of sp³-hybridized carbons (Fsp3) is 0.125. The Balaban J connectivity index is 1.97. The van der Waals surface area contributed by atoms with Crippen LogP contribution in [0, 0.1) is 6.92 Å². The van der Waals surface area contributed by atoms with E-state index in [4.69, 9.17) is 4.74 Å². The Hall–Kier alpha value is -2.02. The average Bonchev–Trinajstić information content (AvgIpc) is 2.39. The van der Waals surface area contributed by atoms with Crippen LogP contribution in [0.3, 0.4) is 0 Å². The van der Waals surface area contributed by atoms with Gasteiger partial charge in [0.2, 0.25) is 0 Å². The molecule has 2 aromatic rings. The van der Waals surface area contributed by atoms with Crippen molar-refractivity contribution in [2.75, 3.05) is 0 Å². The largest absolute Gasteiger partial charge is 0.489 e. The Labute approximate surface area is 102 Å². The van der Waals surface area contributed by atoms with E-state index in [9.17, 15) is 0 Å². The van der Waals surface area contributed by atoms with Crippen molar-refractivity contribution in [3.63, 3.8) is 0 Å². The van der Waals surface area contributed by atoms with Crippen LogP contribution in [0.5, 0.6) is 5.75 Å². The summed E-state index contributed by atoms with van der Waals surface area (Å²) in [4.78, 5) is 0. The second-order valence-corrected chi connectivity index (χ2v) is 4.05. The first-order chi connectivity index (χ1) is 8.28. The minimum atomic E-state index is 0.598. The van der Waals surface area contributed by atoms with Crippen molar-refractivity contribution < 1.29 is 4.74 Å². The first-order valence-corrected chi connectivity index (χ1v) is 5.69. The lowest BCUT2D eigenvalue weighted by atomic mass is 10.1. The molecule has 0 aromatic heterocycles. The second-order valence-electron chi connectivity index (χ2n) is 4.05. The number of hydrogen-bond donors (Lipinski definition) is 0. The third kappa shape index (κ3) is 3.22. The molecular weight excluding hydrogens is 208 g/mol. The summed E-state index contributed by atoms with van der Waals surface area (Å²) in [7, 11) is 0. The number of hydrogen-bond acceptors (Lipinski definition) is 1. The van der Waals surface area contributed by atoms with Crippen LogP contribution in [0.4, 0.5) is 0 Å². The highest BCUT2D eigenvalue weighted by Gasteiger charge is 1.95. The lowest BCUT2D eigenvalue weighted by Crippen LogP contribution is -1.95. The summed E-state index contributed by atoms with van der Waals surface area (Å²) in [6, 6.07) is 16.3. The monoisotopic (exact) mass is 224 g/mol. The lowest BCUT2D eigenvalue weighted by molar-refractivity contribution is 0.306. The maximum atomic E-state index is 5.69. The topological polar surface area (TPSA) is 9.23 Å². The molecule has 0 saturated carbocycles. The van der Waals surface area contributed by atoms with E-state index in [-0.39, 0.29) is 0 Å². The van der Waals surface area contributed by atoms with Crippen LogP contribution in [0.2, 0.25) is 0 Å². The fourth-order valence-corrected chi connectivity index (χ4v) is 1.55. The predicted molar refractivity (Wildman–Crippen MR) is 72.0 cm³/mol. The van der Waals surface area contributed by atoms with Gasteiger partial charge in [-0.1, -0.05) is 54.6 Å². The molecule has 0 N–H and O–H groups in total. The van der Waals surface area contributed by atoms with Crippen LogP contribution < -0.4 is 4.74 Å². The van der Waals surface area contributed by atoms with Gasteiger partial charge in [0.25, 0.3) is 0 Å². The van der Waals surface area contributed by atoms with E-state index < -0.39 is 0 Å². The lowest BCUT2D eigenvalue weighted by Gasteiger charge is -2.06. The zero-order valence-electron chi connectivity index (χ0n) is 10.0. The Morgan fingerprint density at radius 3 is 2.24 bits per heavy atom. The van der Waals surface area contributed by atoms with Gasteiger partial charge >= 0.3 is 0 Å². The highest BCUT2D eigenvalue weighted by Crippen LogP contribution is 2.14.